The molecule has 0 heterocycles. The molecule has 0 saturated heterocycles. The lowest BCUT2D eigenvalue weighted by Gasteiger charge is -2.16. The molecule has 0 radical (unpaired) electrons. The van der Waals surface area contributed by atoms with Crippen molar-refractivity contribution in [2.45, 2.75) is 30.8 Å². The van der Waals surface area contributed by atoms with Crippen molar-refractivity contribution in [3.8, 4) is 0 Å². The number of aliphatic hydroxyl groups is 3. The molecule has 6 heteroatoms. The highest BCUT2D eigenvalue weighted by Gasteiger charge is 2.41. The van der Waals surface area contributed by atoms with Crippen LogP contribution >= 0.6 is 0 Å². The lowest BCUT2D eigenvalue weighted by atomic mass is 10.2. The van der Waals surface area contributed by atoms with Crippen molar-refractivity contribution >= 4 is 0 Å². The fourth-order valence-corrected chi connectivity index (χ4v) is 1.49. The van der Waals surface area contributed by atoms with E-state index in [0.29, 0.717) is 6.42 Å². The van der Waals surface area contributed by atoms with E-state index in [0.717, 1.165) is 0 Å². The lowest BCUT2D eigenvalue weighted by Crippen LogP contribution is -2.38. The summed E-state index contributed by atoms with van der Waals surface area (Å²) in [5.74, 6) is 0. The van der Waals surface area contributed by atoms with Crippen molar-refractivity contribution in [1.29, 1.82) is 0 Å². The van der Waals surface area contributed by atoms with Gasteiger partial charge in [0.15, 0.2) is 0 Å². The Morgan fingerprint density at radius 3 is 2.46 bits per heavy atom. The molecule has 5 N–H and O–H groups in total. The Bertz CT molecular complexity index is 156. The Morgan fingerprint density at radius 2 is 2.00 bits per heavy atom. The van der Waals surface area contributed by atoms with E-state index in [1.54, 1.807) is 0 Å². The van der Waals surface area contributed by atoms with Gasteiger partial charge in [0.2, 0.25) is 0 Å². The standard InChI is InChI=1S/C7H15NO5/c9-1-2-13-5-3-4(8-12)6(10)7(5)11/h4-12H,1-3H2. The van der Waals surface area contributed by atoms with Gasteiger partial charge in [-0.05, 0) is 6.42 Å². The zero-order chi connectivity index (χ0) is 9.84. The Kier molecular flexibility index (Phi) is 4.04. The molecular weight excluding hydrogens is 178 g/mol. The van der Waals surface area contributed by atoms with E-state index >= 15 is 0 Å². The van der Waals surface area contributed by atoms with Gasteiger partial charge in [0.1, 0.15) is 12.2 Å². The maximum atomic E-state index is 9.38. The van der Waals surface area contributed by atoms with Crippen LogP contribution < -0.4 is 5.48 Å². The summed E-state index contributed by atoms with van der Waals surface area (Å²) in [6, 6.07) is -0.571. The molecule has 1 aliphatic carbocycles. The molecule has 4 atom stereocenters. The number of hydrogen-bond acceptors (Lipinski definition) is 6. The third-order valence-electron chi connectivity index (χ3n) is 2.22. The van der Waals surface area contributed by atoms with Crippen LogP contribution in [0.5, 0.6) is 0 Å². The molecule has 1 rings (SSSR count). The molecule has 0 amide bonds. The Labute approximate surface area is 75.7 Å². The van der Waals surface area contributed by atoms with E-state index in [1.807, 2.05) is 5.48 Å². The first kappa shape index (κ1) is 10.8. The van der Waals surface area contributed by atoms with E-state index in [9.17, 15) is 10.2 Å². The van der Waals surface area contributed by atoms with Gasteiger partial charge in [-0.25, -0.2) is 0 Å². The van der Waals surface area contributed by atoms with E-state index < -0.39 is 24.4 Å². The largest absolute Gasteiger partial charge is 0.394 e. The zero-order valence-corrected chi connectivity index (χ0v) is 7.13. The first-order valence-electron chi connectivity index (χ1n) is 4.19. The zero-order valence-electron chi connectivity index (χ0n) is 7.13. The van der Waals surface area contributed by atoms with Crippen LogP contribution in [0.4, 0.5) is 0 Å². The topological polar surface area (TPSA) is 102 Å². The van der Waals surface area contributed by atoms with Crippen LogP contribution in [0, 0.1) is 0 Å². The monoisotopic (exact) mass is 193 g/mol. The second-order valence-electron chi connectivity index (χ2n) is 3.09. The fraction of sp³-hybridized carbons (Fsp3) is 1.00. The lowest BCUT2D eigenvalue weighted by molar-refractivity contribution is -0.0644. The van der Waals surface area contributed by atoms with Gasteiger partial charge in [-0.3, -0.25) is 0 Å². The molecule has 0 spiro atoms. The minimum atomic E-state index is -1.03. The number of ether oxygens (including phenoxy) is 1. The maximum absolute atomic E-state index is 9.38. The first-order chi connectivity index (χ1) is 6.20. The number of nitrogens with one attached hydrogen (secondary N) is 1. The molecule has 0 aromatic carbocycles. The second kappa shape index (κ2) is 4.85. The number of rotatable bonds is 4. The predicted molar refractivity (Wildman–Crippen MR) is 42.2 cm³/mol. The Hall–Kier alpha value is -0.240. The average molecular weight is 193 g/mol. The van der Waals surface area contributed by atoms with Crippen molar-refractivity contribution in [3.05, 3.63) is 0 Å². The number of hydroxylamine groups is 1. The summed E-state index contributed by atoms with van der Waals surface area (Å²) >= 11 is 0. The Balaban J connectivity index is 2.40. The molecule has 0 aliphatic heterocycles. The quantitative estimate of drug-likeness (QED) is 0.326. The normalized spacial score (nSPS) is 39.7. The summed E-state index contributed by atoms with van der Waals surface area (Å²) in [5, 5.41) is 35.7. The minimum absolute atomic E-state index is 0.118. The third-order valence-corrected chi connectivity index (χ3v) is 2.22. The molecule has 4 unspecified atom stereocenters. The third kappa shape index (κ3) is 2.37. The molecule has 1 aliphatic rings. The van der Waals surface area contributed by atoms with Crippen molar-refractivity contribution in [2.24, 2.45) is 0 Å². The van der Waals surface area contributed by atoms with Crippen molar-refractivity contribution in [3.63, 3.8) is 0 Å². The first-order valence-corrected chi connectivity index (χ1v) is 4.19. The molecule has 1 saturated carbocycles. The molecule has 1 fully saturated rings. The summed E-state index contributed by atoms with van der Waals surface area (Å²) < 4.78 is 5.06. The number of hydrogen-bond donors (Lipinski definition) is 5. The van der Waals surface area contributed by atoms with Gasteiger partial charge >= 0.3 is 0 Å². The van der Waals surface area contributed by atoms with E-state index in [2.05, 4.69) is 0 Å². The van der Waals surface area contributed by atoms with Crippen LogP contribution in [0.3, 0.4) is 0 Å². The van der Waals surface area contributed by atoms with E-state index in [-0.39, 0.29) is 13.2 Å². The van der Waals surface area contributed by atoms with Crippen LogP contribution in [0.25, 0.3) is 0 Å². The molecular formula is C7H15NO5. The summed E-state index contributed by atoms with van der Waals surface area (Å²) in [5.41, 5.74) is 1.90. The van der Waals surface area contributed by atoms with Crippen LogP contribution in [0.15, 0.2) is 0 Å². The van der Waals surface area contributed by atoms with Gasteiger partial charge in [-0.2, -0.15) is 5.48 Å². The van der Waals surface area contributed by atoms with Gasteiger partial charge in [0, 0.05) is 0 Å². The van der Waals surface area contributed by atoms with Gasteiger partial charge in [-0.15, -0.1) is 0 Å². The summed E-state index contributed by atoms with van der Waals surface area (Å²) in [4.78, 5) is 0. The summed E-state index contributed by atoms with van der Waals surface area (Å²) in [6.45, 7) is -0.0108. The highest BCUT2D eigenvalue weighted by Crippen LogP contribution is 2.22. The van der Waals surface area contributed by atoms with Gasteiger partial charge < -0.3 is 25.3 Å². The maximum Gasteiger partial charge on any atom is 0.108 e. The average Bonchev–Trinajstić information content (AvgIpc) is 2.41. The van der Waals surface area contributed by atoms with Crippen LogP contribution in [0.2, 0.25) is 0 Å². The molecule has 78 valence electrons. The van der Waals surface area contributed by atoms with Crippen molar-refractivity contribution in [2.75, 3.05) is 13.2 Å². The van der Waals surface area contributed by atoms with Gasteiger partial charge in [-0.1, -0.05) is 0 Å². The fourth-order valence-electron chi connectivity index (χ4n) is 1.49. The van der Waals surface area contributed by atoms with E-state index in [1.165, 1.54) is 0 Å². The van der Waals surface area contributed by atoms with Gasteiger partial charge in [0.05, 0.1) is 25.4 Å². The highest BCUT2D eigenvalue weighted by molar-refractivity contribution is 4.94. The molecule has 13 heavy (non-hydrogen) atoms. The molecule has 6 nitrogen and oxygen atoms in total. The molecule has 0 aromatic heterocycles. The van der Waals surface area contributed by atoms with E-state index in [4.69, 9.17) is 15.1 Å². The summed E-state index contributed by atoms with van der Waals surface area (Å²) in [6.07, 6.45) is -2.27. The smallest absolute Gasteiger partial charge is 0.108 e. The van der Waals surface area contributed by atoms with Gasteiger partial charge in [0.25, 0.3) is 0 Å². The summed E-state index contributed by atoms with van der Waals surface area (Å²) in [7, 11) is 0. The SMILES string of the molecule is OCCOC1CC(NO)C(O)C1O. The minimum Gasteiger partial charge on any atom is -0.394 e. The van der Waals surface area contributed by atoms with Crippen LogP contribution in [-0.4, -0.2) is 58.1 Å². The Morgan fingerprint density at radius 1 is 1.31 bits per heavy atom. The van der Waals surface area contributed by atoms with Crippen LogP contribution in [0.1, 0.15) is 6.42 Å². The second-order valence-corrected chi connectivity index (χ2v) is 3.09. The predicted octanol–water partition coefficient (Wildman–Crippen LogP) is -2.16. The van der Waals surface area contributed by atoms with Crippen LogP contribution in [-0.2, 0) is 4.74 Å². The van der Waals surface area contributed by atoms with Crippen molar-refractivity contribution < 1.29 is 25.3 Å². The van der Waals surface area contributed by atoms with Crippen molar-refractivity contribution in [1.82, 2.24) is 5.48 Å². The number of aliphatic hydroxyl groups excluding tert-OH is 3. The molecule has 0 bridgehead atoms. The highest BCUT2D eigenvalue weighted by atomic mass is 16.5. The molecule has 0 aromatic rings.